The van der Waals surface area contributed by atoms with Crippen LogP contribution in [0.1, 0.15) is 24.8 Å². The maximum absolute atomic E-state index is 10.8. The lowest BCUT2D eigenvalue weighted by atomic mass is 10.1. The zero-order chi connectivity index (χ0) is 13.4. The molecule has 1 aromatic rings. The average molecular weight is 250 g/mol. The van der Waals surface area contributed by atoms with E-state index in [1.54, 1.807) is 19.1 Å². The average Bonchev–Trinajstić information content (AvgIpc) is 2.38. The van der Waals surface area contributed by atoms with Crippen molar-refractivity contribution in [2.75, 3.05) is 20.7 Å². The number of aryl methyl sites for hydroxylation is 1. The maximum Gasteiger partial charge on any atom is 0.314 e. The third-order valence-electron chi connectivity index (χ3n) is 2.97. The predicted molar refractivity (Wildman–Crippen MR) is 72.8 cm³/mol. The minimum Gasteiger partial charge on any atom is -0.497 e. The van der Waals surface area contributed by atoms with E-state index < -0.39 is 0 Å². The van der Waals surface area contributed by atoms with Gasteiger partial charge in [0.05, 0.1) is 7.11 Å². The van der Waals surface area contributed by atoms with Gasteiger partial charge in [0, 0.05) is 13.6 Å². The van der Waals surface area contributed by atoms with Crippen molar-refractivity contribution in [1.82, 2.24) is 4.90 Å². The third-order valence-corrected chi connectivity index (χ3v) is 2.97. The van der Waals surface area contributed by atoms with Crippen molar-refractivity contribution in [3.05, 3.63) is 29.8 Å². The van der Waals surface area contributed by atoms with E-state index in [1.807, 2.05) is 12.1 Å². The molecule has 0 unspecified atom stereocenters. The fraction of sp³-hybridized carbons (Fsp3) is 0.500. The summed E-state index contributed by atoms with van der Waals surface area (Å²) in [7, 11) is 3.41. The second-order valence-electron chi connectivity index (χ2n) is 4.42. The first-order chi connectivity index (χ1) is 8.63. The number of urea groups is 1. The Morgan fingerprint density at radius 1 is 1.33 bits per heavy atom. The van der Waals surface area contributed by atoms with Gasteiger partial charge in [0.1, 0.15) is 5.75 Å². The third kappa shape index (κ3) is 5.08. The van der Waals surface area contributed by atoms with Crippen LogP contribution in [0.4, 0.5) is 4.79 Å². The van der Waals surface area contributed by atoms with Crippen LogP contribution in [0.15, 0.2) is 24.3 Å². The SMILES string of the molecule is COc1cccc(CCCCCN(C)C(N)=O)c1. The van der Waals surface area contributed by atoms with Crippen LogP contribution >= 0.6 is 0 Å². The maximum atomic E-state index is 10.8. The molecule has 0 aromatic heterocycles. The molecule has 0 radical (unpaired) electrons. The van der Waals surface area contributed by atoms with Gasteiger partial charge in [-0.3, -0.25) is 0 Å². The molecule has 2 N–H and O–H groups in total. The van der Waals surface area contributed by atoms with Crippen molar-refractivity contribution in [2.24, 2.45) is 5.73 Å². The van der Waals surface area contributed by atoms with Gasteiger partial charge >= 0.3 is 6.03 Å². The van der Waals surface area contributed by atoms with E-state index in [9.17, 15) is 4.79 Å². The summed E-state index contributed by atoms with van der Waals surface area (Å²) in [4.78, 5) is 12.3. The Balaban J connectivity index is 2.19. The number of ether oxygens (including phenoxy) is 1. The number of benzene rings is 1. The van der Waals surface area contributed by atoms with Gasteiger partial charge < -0.3 is 15.4 Å². The molecule has 0 aliphatic rings. The summed E-state index contributed by atoms with van der Waals surface area (Å²) < 4.78 is 5.18. The molecule has 0 bridgehead atoms. The fourth-order valence-corrected chi connectivity index (χ4v) is 1.79. The van der Waals surface area contributed by atoms with Crippen molar-refractivity contribution in [2.45, 2.75) is 25.7 Å². The van der Waals surface area contributed by atoms with Gasteiger partial charge in [-0.2, -0.15) is 0 Å². The number of unbranched alkanes of at least 4 members (excludes halogenated alkanes) is 2. The first kappa shape index (κ1) is 14.4. The highest BCUT2D eigenvalue weighted by atomic mass is 16.5. The summed E-state index contributed by atoms with van der Waals surface area (Å²) in [5.74, 6) is 0.904. The van der Waals surface area contributed by atoms with E-state index >= 15 is 0 Å². The number of primary amides is 1. The normalized spacial score (nSPS) is 10.1. The van der Waals surface area contributed by atoms with Crippen LogP contribution in [-0.2, 0) is 6.42 Å². The molecule has 0 fully saturated rings. The van der Waals surface area contributed by atoms with Crippen LogP contribution < -0.4 is 10.5 Å². The number of amides is 2. The molecule has 1 aromatic carbocycles. The van der Waals surface area contributed by atoms with Crippen LogP contribution in [0.2, 0.25) is 0 Å². The molecule has 0 atom stereocenters. The summed E-state index contributed by atoms with van der Waals surface area (Å²) in [6.45, 7) is 0.730. The van der Waals surface area contributed by atoms with Crippen LogP contribution in [0, 0.1) is 0 Å². The lowest BCUT2D eigenvalue weighted by Gasteiger charge is -2.13. The Bertz CT molecular complexity index is 380. The van der Waals surface area contributed by atoms with Gasteiger partial charge in [-0.1, -0.05) is 18.6 Å². The van der Waals surface area contributed by atoms with Gasteiger partial charge in [0.2, 0.25) is 0 Å². The Morgan fingerprint density at radius 2 is 2.11 bits per heavy atom. The minimum atomic E-state index is -0.359. The summed E-state index contributed by atoms with van der Waals surface area (Å²) >= 11 is 0. The Labute approximate surface area is 109 Å². The van der Waals surface area contributed by atoms with Gasteiger partial charge in [-0.25, -0.2) is 4.79 Å². The first-order valence-corrected chi connectivity index (χ1v) is 6.27. The number of nitrogens with zero attached hydrogens (tertiary/aromatic N) is 1. The first-order valence-electron chi connectivity index (χ1n) is 6.27. The van der Waals surface area contributed by atoms with Crippen LogP contribution in [0.5, 0.6) is 5.75 Å². The van der Waals surface area contributed by atoms with Crippen molar-refractivity contribution < 1.29 is 9.53 Å². The number of hydrogen-bond acceptors (Lipinski definition) is 2. The highest BCUT2D eigenvalue weighted by Crippen LogP contribution is 2.14. The molecule has 0 saturated carbocycles. The zero-order valence-electron chi connectivity index (χ0n) is 11.2. The minimum absolute atomic E-state index is 0.359. The Morgan fingerprint density at radius 3 is 2.78 bits per heavy atom. The summed E-state index contributed by atoms with van der Waals surface area (Å²) in [5, 5.41) is 0. The van der Waals surface area contributed by atoms with Crippen molar-refractivity contribution in [3.63, 3.8) is 0 Å². The van der Waals surface area contributed by atoms with E-state index in [4.69, 9.17) is 10.5 Å². The van der Waals surface area contributed by atoms with E-state index in [2.05, 4.69) is 12.1 Å². The van der Waals surface area contributed by atoms with E-state index in [-0.39, 0.29) is 6.03 Å². The van der Waals surface area contributed by atoms with E-state index in [1.165, 1.54) is 5.56 Å². The molecule has 1 rings (SSSR count). The predicted octanol–water partition coefficient (Wildman–Crippen LogP) is 2.42. The van der Waals surface area contributed by atoms with E-state index in [0.29, 0.717) is 0 Å². The summed E-state index contributed by atoms with van der Waals surface area (Å²) in [5.41, 5.74) is 6.44. The van der Waals surface area contributed by atoms with Gasteiger partial charge in [0.15, 0.2) is 0 Å². The molecule has 18 heavy (non-hydrogen) atoms. The largest absolute Gasteiger partial charge is 0.497 e. The lowest BCUT2D eigenvalue weighted by molar-refractivity contribution is 0.217. The van der Waals surface area contributed by atoms with Gasteiger partial charge in [-0.15, -0.1) is 0 Å². The Hall–Kier alpha value is -1.71. The number of hydrogen-bond donors (Lipinski definition) is 1. The monoisotopic (exact) mass is 250 g/mol. The molecule has 100 valence electrons. The fourth-order valence-electron chi connectivity index (χ4n) is 1.79. The summed E-state index contributed by atoms with van der Waals surface area (Å²) in [6.07, 6.45) is 4.23. The van der Waals surface area contributed by atoms with Crippen molar-refractivity contribution >= 4 is 6.03 Å². The quantitative estimate of drug-likeness (QED) is 0.755. The van der Waals surface area contributed by atoms with Crippen LogP contribution in [0.3, 0.4) is 0 Å². The second-order valence-corrected chi connectivity index (χ2v) is 4.42. The molecule has 0 saturated heterocycles. The molecular weight excluding hydrogens is 228 g/mol. The highest BCUT2D eigenvalue weighted by molar-refractivity contribution is 5.71. The molecule has 0 heterocycles. The smallest absolute Gasteiger partial charge is 0.314 e. The summed E-state index contributed by atoms with van der Waals surface area (Å²) in [6, 6.07) is 7.77. The molecular formula is C14H22N2O2. The standard InChI is InChI=1S/C14H22N2O2/c1-16(14(15)17)10-5-3-4-7-12-8-6-9-13(11-12)18-2/h6,8-9,11H,3-5,7,10H2,1-2H3,(H2,15,17). The number of rotatable bonds is 7. The molecule has 0 aliphatic carbocycles. The molecule has 4 nitrogen and oxygen atoms in total. The van der Waals surface area contributed by atoms with E-state index in [0.717, 1.165) is 38.0 Å². The van der Waals surface area contributed by atoms with Crippen LogP contribution in [0.25, 0.3) is 0 Å². The van der Waals surface area contributed by atoms with Crippen LogP contribution in [-0.4, -0.2) is 31.6 Å². The zero-order valence-corrected chi connectivity index (χ0v) is 11.2. The second kappa shape index (κ2) is 7.58. The number of carbonyl (C=O) groups is 1. The molecule has 0 aliphatic heterocycles. The van der Waals surface area contributed by atoms with Crippen molar-refractivity contribution in [3.8, 4) is 5.75 Å². The lowest BCUT2D eigenvalue weighted by Crippen LogP contribution is -2.32. The molecule has 2 amide bonds. The topological polar surface area (TPSA) is 55.6 Å². The number of nitrogens with two attached hydrogens (primary N) is 1. The number of carbonyl (C=O) groups excluding carboxylic acids is 1. The number of methoxy groups -OCH3 is 1. The van der Waals surface area contributed by atoms with Gasteiger partial charge in [0.25, 0.3) is 0 Å². The Kier molecular flexibility index (Phi) is 6.05. The van der Waals surface area contributed by atoms with Crippen molar-refractivity contribution in [1.29, 1.82) is 0 Å². The molecule has 4 heteroatoms. The van der Waals surface area contributed by atoms with Gasteiger partial charge in [-0.05, 0) is 37.0 Å². The highest BCUT2D eigenvalue weighted by Gasteiger charge is 2.02. The molecule has 0 spiro atoms.